The lowest BCUT2D eigenvalue weighted by Gasteiger charge is -2.32. The smallest absolute Gasteiger partial charge is 0.340 e. The number of likely N-dealkylation sites (tertiary alicyclic amines) is 1. The molecule has 156 valence electrons. The van der Waals surface area contributed by atoms with E-state index in [-0.39, 0.29) is 11.9 Å². The number of hydrogen-bond donors (Lipinski definition) is 2. The van der Waals surface area contributed by atoms with Gasteiger partial charge in [-0.1, -0.05) is 23.7 Å². The Labute approximate surface area is 176 Å². The highest BCUT2D eigenvalue weighted by atomic mass is 35.5. The van der Waals surface area contributed by atoms with Gasteiger partial charge in [-0.15, -0.1) is 0 Å². The Kier molecular flexibility index (Phi) is 6.98. The van der Waals surface area contributed by atoms with Crippen molar-refractivity contribution in [2.45, 2.75) is 46.2 Å². The number of H-pyrrole nitrogens is 1. The normalized spacial score (nSPS) is 15.3. The summed E-state index contributed by atoms with van der Waals surface area (Å²) in [5, 5.41) is 3.86. The van der Waals surface area contributed by atoms with E-state index in [4.69, 9.17) is 16.3 Å². The number of piperidine rings is 1. The molecule has 0 spiro atoms. The van der Waals surface area contributed by atoms with E-state index in [0.29, 0.717) is 29.1 Å². The van der Waals surface area contributed by atoms with Crippen molar-refractivity contribution in [1.82, 2.24) is 15.2 Å². The number of nitrogens with one attached hydrogen (secondary N) is 2. The van der Waals surface area contributed by atoms with Gasteiger partial charge in [0.15, 0.2) is 0 Å². The lowest BCUT2D eigenvalue weighted by atomic mass is 10.0. The van der Waals surface area contributed by atoms with Crippen LogP contribution in [0.15, 0.2) is 24.3 Å². The minimum atomic E-state index is -0.395. The van der Waals surface area contributed by atoms with Crippen molar-refractivity contribution in [3.63, 3.8) is 0 Å². The second-order valence-electron chi connectivity index (χ2n) is 7.50. The molecule has 0 atom stereocenters. The molecule has 0 saturated carbocycles. The van der Waals surface area contributed by atoms with Gasteiger partial charge in [0.05, 0.1) is 12.2 Å². The van der Waals surface area contributed by atoms with Crippen molar-refractivity contribution >= 4 is 23.5 Å². The number of amides is 1. The third kappa shape index (κ3) is 5.19. The largest absolute Gasteiger partial charge is 0.462 e. The summed E-state index contributed by atoms with van der Waals surface area (Å²) >= 11 is 5.95. The zero-order chi connectivity index (χ0) is 21.0. The second kappa shape index (κ2) is 9.46. The third-order valence-electron chi connectivity index (χ3n) is 5.39. The molecule has 0 aliphatic carbocycles. The number of hydrogen-bond acceptors (Lipinski definition) is 4. The van der Waals surface area contributed by atoms with Gasteiger partial charge in [0.2, 0.25) is 0 Å². The predicted octanol–water partition coefficient (Wildman–Crippen LogP) is 3.86. The number of halogens is 1. The summed E-state index contributed by atoms with van der Waals surface area (Å²) in [7, 11) is 0. The molecule has 0 radical (unpaired) electrons. The van der Waals surface area contributed by atoms with Crippen LogP contribution < -0.4 is 5.32 Å². The Bertz CT molecular complexity index is 868. The van der Waals surface area contributed by atoms with E-state index in [1.54, 1.807) is 20.8 Å². The molecule has 1 saturated heterocycles. The minimum Gasteiger partial charge on any atom is -0.462 e. The van der Waals surface area contributed by atoms with E-state index in [9.17, 15) is 9.59 Å². The van der Waals surface area contributed by atoms with Gasteiger partial charge in [-0.25, -0.2) is 4.79 Å². The number of rotatable bonds is 6. The van der Waals surface area contributed by atoms with Crippen molar-refractivity contribution < 1.29 is 14.3 Å². The molecule has 6 nitrogen and oxygen atoms in total. The van der Waals surface area contributed by atoms with Gasteiger partial charge in [0.25, 0.3) is 5.91 Å². The van der Waals surface area contributed by atoms with E-state index in [0.717, 1.165) is 37.5 Å². The molecule has 1 aromatic carbocycles. The molecule has 1 fully saturated rings. The van der Waals surface area contributed by atoms with E-state index in [2.05, 4.69) is 15.2 Å². The summed E-state index contributed by atoms with van der Waals surface area (Å²) < 4.78 is 5.10. The van der Waals surface area contributed by atoms with Crippen LogP contribution in [0.4, 0.5) is 0 Å². The topological polar surface area (TPSA) is 74.4 Å². The van der Waals surface area contributed by atoms with Crippen molar-refractivity contribution in [3.05, 3.63) is 57.4 Å². The number of esters is 1. The van der Waals surface area contributed by atoms with Crippen LogP contribution in [0.5, 0.6) is 0 Å². The van der Waals surface area contributed by atoms with Crippen LogP contribution in [0.2, 0.25) is 5.02 Å². The average Bonchev–Trinajstić information content (AvgIpc) is 2.99. The zero-order valence-electron chi connectivity index (χ0n) is 17.2. The lowest BCUT2D eigenvalue weighted by molar-refractivity contribution is 0.0525. The maximum atomic E-state index is 12.8. The number of aromatic nitrogens is 1. The molecule has 7 heteroatoms. The van der Waals surface area contributed by atoms with Crippen LogP contribution in [0, 0.1) is 13.8 Å². The van der Waals surface area contributed by atoms with Crippen molar-refractivity contribution in [2.24, 2.45) is 0 Å². The number of ether oxygens (including phenoxy) is 1. The van der Waals surface area contributed by atoms with Gasteiger partial charge in [0, 0.05) is 36.4 Å². The van der Waals surface area contributed by atoms with Gasteiger partial charge in [0.1, 0.15) is 5.69 Å². The van der Waals surface area contributed by atoms with Gasteiger partial charge < -0.3 is 15.0 Å². The lowest BCUT2D eigenvalue weighted by Crippen LogP contribution is -2.44. The standard InChI is InChI=1S/C22H28ClN3O3/c1-4-29-22(28)19-14(2)20(24-15(19)3)21(27)25-18-9-11-26(12-10-18)13-16-5-7-17(23)8-6-16/h5-8,18,24H,4,9-13H2,1-3H3,(H,25,27). The molecule has 1 aromatic heterocycles. The molecular weight excluding hydrogens is 390 g/mol. The Morgan fingerprint density at radius 1 is 1.21 bits per heavy atom. The van der Waals surface area contributed by atoms with Crippen LogP contribution in [-0.4, -0.2) is 47.5 Å². The first-order chi connectivity index (χ1) is 13.9. The Balaban J connectivity index is 1.55. The fourth-order valence-corrected chi connectivity index (χ4v) is 3.95. The van der Waals surface area contributed by atoms with Crippen LogP contribution >= 0.6 is 11.6 Å². The van der Waals surface area contributed by atoms with Gasteiger partial charge in [-0.3, -0.25) is 9.69 Å². The molecule has 2 aromatic rings. The summed E-state index contributed by atoms with van der Waals surface area (Å²) in [5.74, 6) is -0.564. The molecule has 1 amide bonds. The highest BCUT2D eigenvalue weighted by Crippen LogP contribution is 2.20. The third-order valence-corrected chi connectivity index (χ3v) is 5.64. The molecule has 0 bridgehead atoms. The van der Waals surface area contributed by atoms with E-state index >= 15 is 0 Å². The van der Waals surface area contributed by atoms with E-state index in [1.165, 1.54) is 5.56 Å². The summed E-state index contributed by atoms with van der Waals surface area (Å²) in [4.78, 5) is 30.3. The number of carbonyl (C=O) groups is 2. The minimum absolute atomic E-state index is 0.123. The SMILES string of the molecule is CCOC(=O)c1c(C)[nH]c(C(=O)NC2CCN(Cc3ccc(Cl)cc3)CC2)c1C. The molecule has 29 heavy (non-hydrogen) atoms. The first-order valence-electron chi connectivity index (χ1n) is 10.0. The van der Waals surface area contributed by atoms with Gasteiger partial charge in [-0.05, 0) is 56.9 Å². The maximum Gasteiger partial charge on any atom is 0.340 e. The molecule has 3 rings (SSSR count). The number of aromatic amines is 1. The molecule has 2 heterocycles. The van der Waals surface area contributed by atoms with E-state index < -0.39 is 5.97 Å². The highest BCUT2D eigenvalue weighted by molar-refractivity contribution is 6.30. The predicted molar refractivity (Wildman–Crippen MR) is 113 cm³/mol. The van der Waals surface area contributed by atoms with E-state index in [1.807, 2.05) is 24.3 Å². The van der Waals surface area contributed by atoms with Crippen molar-refractivity contribution in [3.8, 4) is 0 Å². The quantitative estimate of drug-likeness (QED) is 0.700. The van der Waals surface area contributed by atoms with Crippen LogP contribution in [0.3, 0.4) is 0 Å². The number of benzene rings is 1. The fourth-order valence-electron chi connectivity index (χ4n) is 3.83. The monoisotopic (exact) mass is 417 g/mol. The van der Waals surface area contributed by atoms with Crippen molar-refractivity contribution in [2.75, 3.05) is 19.7 Å². The number of aryl methyl sites for hydroxylation is 1. The van der Waals surface area contributed by atoms with Gasteiger partial charge >= 0.3 is 5.97 Å². The molecule has 1 aliphatic rings. The van der Waals surface area contributed by atoms with Crippen LogP contribution in [-0.2, 0) is 11.3 Å². The molecule has 1 aliphatic heterocycles. The average molecular weight is 418 g/mol. The summed E-state index contributed by atoms with van der Waals surface area (Å²) in [5.41, 5.74) is 3.42. The summed E-state index contributed by atoms with van der Waals surface area (Å²) in [6.45, 7) is 8.36. The van der Waals surface area contributed by atoms with Crippen molar-refractivity contribution in [1.29, 1.82) is 0 Å². The number of carbonyl (C=O) groups excluding carboxylic acids is 2. The maximum absolute atomic E-state index is 12.8. The molecule has 2 N–H and O–H groups in total. The van der Waals surface area contributed by atoms with Crippen LogP contribution in [0.1, 0.15) is 57.4 Å². The zero-order valence-corrected chi connectivity index (χ0v) is 17.9. The Morgan fingerprint density at radius 3 is 2.48 bits per heavy atom. The number of nitrogens with zero attached hydrogens (tertiary/aromatic N) is 1. The Hall–Kier alpha value is -2.31. The van der Waals surface area contributed by atoms with Gasteiger partial charge in [-0.2, -0.15) is 0 Å². The fraction of sp³-hybridized carbons (Fsp3) is 0.455. The first kappa shape index (κ1) is 21.4. The molecular formula is C22H28ClN3O3. The highest BCUT2D eigenvalue weighted by Gasteiger charge is 2.26. The first-order valence-corrected chi connectivity index (χ1v) is 10.4. The summed E-state index contributed by atoms with van der Waals surface area (Å²) in [6.07, 6.45) is 1.78. The van der Waals surface area contributed by atoms with Crippen LogP contribution in [0.25, 0.3) is 0 Å². The summed E-state index contributed by atoms with van der Waals surface area (Å²) in [6, 6.07) is 8.05. The Morgan fingerprint density at radius 2 is 1.86 bits per heavy atom. The molecule has 0 unspecified atom stereocenters. The second-order valence-corrected chi connectivity index (χ2v) is 7.93.